The van der Waals surface area contributed by atoms with E-state index in [9.17, 15) is 5.21 Å². The largest absolute Gasteiger partial charge is 0.618 e. The zero-order valence-electron chi connectivity index (χ0n) is 14.2. The van der Waals surface area contributed by atoms with Gasteiger partial charge in [-0.05, 0) is 30.3 Å². The van der Waals surface area contributed by atoms with Gasteiger partial charge in [0.15, 0.2) is 11.5 Å². The highest BCUT2D eigenvalue weighted by Crippen LogP contribution is 2.40. The number of methoxy groups -OCH3 is 3. The van der Waals surface area contributed by atoms with Gasteiger partial charge >= 0.3 is 0 Å². The average Bonchev–Trinajstić information content (AvgIpc) is 2.66. The Balaban J connectivity index is 2.02. The molecule has 6 nitrogen and oxygen atoms in total. The first-order valence-corrected chi connectivity index (χ1v) is 7.78. The van der Waals surface area contributed by atoms with Gasteiger partial charge in [0.25, 0.3) is 0 Å². The molecule has 0 bridgehead atoms. The van der Waals surface area contributed by atoms with Crippen molar-refractivity contribution in [2.45, 2.75) is 6.61 Å². The van der Waals surface area contributed by atoms with Gasteiger partial charge in [-0.15, -0.1) is 0 Å². The van der Waals surface area contributed by atoms with Crippen molar-refractivity contribution < 1.29 is 23.7 Å². The molecule has 0 radical (unpaired) electrons. The van der Waals surface area contributed by atoms with Crippen molar-refractivity contribution in [3.8, 4) is 34.3 Å². The molecule has 2 aromatic carbocycles. The molecule has 0 fully saturated rings. The lowest BCUT2D eigenvalue weighted by atomic mass is 10.00. The predicted molar refractivity (Wildman–Crippen MR) is 92.3 cm³/mol. The van der Waals surface area contributed by atoms with Crippen molar-refractivity contribution in [3.05, 3.63) is 47.2 Å². The van der Waals surface area contributed by atoms with Crippen LogP contribution in [0.3, 0.4) is 0 Å². The Morgan fingerprint density at radius 1 is 0.960 bits per heavy atom. The Hall–Kier alpha value is -3.15. The number of rotatable bonds is 3. The average molecular weight is 339 g/mol. The topological polar surface area (TPSA) is 63.9 Å². The highest BCUT2D eigenvalue weighted by Gasteiger charge is 2.28. The third-order valence-corrected chi connectivity index (χ3v) is 4.41. The van der Waals surface area contributed by atoms with Gasteiger partial charge < -0.3 is 24.2 Å². The summed E-state index contributed by atoms with van der Waals surface area (Å²) in [6.07, 6.45) is 0. The minimum absolute atomic E-state index is 0.335. The Labute approximate surface area is 144 Å². The SMILES string of the molecule is COc1ccc2c(c1)-c1c(cc3cc(OC)c(OC)cc3[n+]1[O-])CO2. The number of nitrogens with zero attached hydrogens (tertiary/aromatic N) is 1. The molecule has 0 saturated carbocycles. The second kappa shape index (κ2) is 5.73. The van der Waals surface area contributed by atoms with Crippen LogP contribution >= 0.6 is 0 Å². The standard InChI is InChI=1S/C19H17NO5/c1-22-13-4-5-16-14(8-13)19-12(10-25-16)6-11-7-17(23-2)18(24-3)9-15(11)20(19)21/h4-9H,10H2,1-3H3. The van der Waals surface area contributed by atoms with Crippen LogP contribution in [-0.4, -0.2) is 21.3 Å². The molecule has 0 N–H and O–H groups in total. The molecule has 25 heavy (non-hydrogen) atoms. The normalized spacial score (nSPS) is 12.1. The van der Waals surface area contributed by atoms with Gasteiger partial charge in [-0.25, -0.2) is 0 Å². The maximum atomic E-state index is 13.1. The highest BCUT2D eigenvalue weighted by molar-refractivity contribution is 5.84. The maximum Gasteiger partial charge on any atom is 0.234 e. The fourth-order valence-corrected chi connectivity index (χ4v) is 3.18. The van der Waals surface area contributed by atoms with Crippen LogP contribution in [-0.2, 0) is 6.61 Å². The first-order valence-electron chi connectivity index (χ1n) is 7.78. The number of hydrogen-bond donors (Lipinski definition) is 0. The third-order valence-electron chi connectivity index (χ3n) is 4.41. The summed E-state index contributed by atoms with van der Waals surface area (Å²) in [6, 6.07) is 10.9. The van der Waals surface area contributed by atoms with E-state index in [2.05, 4.69) is 0 Å². The van der Waals surface area contributed by atoms with Gasteiger partial charge in [0.2, 0.25) is 11.2 Å². The molecular weight excluding hydrogens is 322 g/mol. The van der Waals surface area contributed by atoms with Crippen LogP contribution in [0.15, 0.2) is 36.4 Å². The zero-order chi connectivity index (χ0) is 17.6. The summed E-state index contributed by atoms with van der Waals surface area (Å²) in [4.78, 5) is 0. The van der Waals surface area contributed by atoms with E-state index in [1.165, 1.54) is 0 Å². The number of benzene rings is 2. The smallest absolute Gasteiger partial charge is 0.234 e. The minimum Gasteiger partial charge on any atom is -0.618 e. The summed E-state index contributed by atoms with van der Waals surface area (Å²) < 4.78 is 22.7. The van der Waals surface area contributed by atoms with Gasteiger partial charge in [0.1, 0.15) is 18.1 Å². The molecular formula is C19H17NO5. The molecule has 4 rings (SSSR count). The van der Waals surface area contributed by atoms with Gasteiger partial charge in [0.05, 0.1) is 43.9 Å². The summed E-state index contributed by atoms with van der Waals surface area (Å²) in [6.45, 7) is 0.335. The lowest BCUT2D eigenvalue weighted by Gasteiger charge is -2.21. The highest BCUT2D eigenvalue weighted by atomic mass is 16.5. The van der Waals surface area contributed by atoms with Gasteiger partial charge in [-0.1, -0.05) is 0 Å². The molecule has 0 amide bonds. The van der Waals surface area contributed by atoms with E-state index in [1.54, 1.807) is 33.5 Å². The summed E-state index contributed by atoms with van der Waals surface area (Å²) in [5.74, 6) is 2.42. The fourth-order valence-electron chi connectivity index (χ4n) is 3.18. The van der Waals surface area contributed by atoms with E-state index in [-0.39, 0.29) is 0 Å². The molecule has 0 spiro atoms. The van der Waals surface area contributed by atoms with Crippen LogP contribution in [0.5, 0.6) is 23.0 Å². The van der Waals surface area contributed by atoms with Crippen molar-refractivity contribution in [1.82, 2.24) is 0 Å². The second-order valence-corrected chi connectivity index (χ2v) is 5.73. The summed E-state index contributed by atoms with van der Waals surface area (Å²) >= 11 is 0. The number of hydrogen-bond acceptors (Lipinski definition) is 5. The first-order chi connectivity index (χ1) is 12.2. The Morgan fingerprint density at radius 2 is 1.72 bits per heavy atom. The van der Waals surface area contributed by atoms with E-state index < -0.39 is 0 Å². The first kappa shape index (κ1) is 15.4. The second-order valence-electron chi connectivity index (χ2n) is 5.73. The molecule has 128 valence electrons. The van der Waals surface area contributed by atoms with Gasteiger partial charge in [-0.2, -0.15) is 4.73 Å². The van der Waals surface area contributed by atoms with Crippen LogP contribution in [0.1, 0.15) is 5.56 Å². The van der Waals surface area contributed by atoms with Crippen molar-refractivity contribution in [2.24, 2.45) is 0 Å². The Kier molecular flexibility index (Phi) is 3.53. The van der Waals surface area contributed by atoms with Crippen LogP contribution < -0.4 is 23.7 Å². The van der Waals surface area contributed by atoms with E-state index in [1.807, 2.05) is 24.3 Å². The minimum atomic E-state index is 0.335. The van der Waals surface area contributed by atoms with Crippen LogP contribution in [0.4, 0.5) is 0 Å². The van der Waals surface area contributed by atoms with Gasteiger partial charge in [-0.3, -0.25) is 0 Å². The number of ether oxygens (including phenoxy) is 4. The van der Waals surface area contributed by atoms with Crippen LogP contribution in [0.2, 0.25) is 0 Å². The Morgan fingerprint density at radius 3 is 2.44 bits per heavy atom. The summed E-state index contributed by atoms with van der Waals surface area (Å²) in [7, 11) is 4.71. The van der Waals surface area contributed by atoms with Crippen LogP contribution in [0.25, 0.3) is 22.2 Å². The number of pyridine rings is 1. The van der Waals surface area contributed by atoms with Crippen LogP contribution in [0, 0.1) is 5.21 Å². The van der Waals surface area contributed by atoms with E-state index in [0.29, 0.717) is 46.4 Å². The van der Waals surface area contributed by atoms with Crippen molar-refractivity contribution in [2.75, 3.05) is 21.3 Å². The number of fused-ring (bicyclic) bond motifs is 4. The molecule has 0 atom stereocenters. The summed E-state index contributed by atoms with van der Waals surface area (Å²) in [5.41, 5.74) is 2.61. The molecule has 2 heterocycles. The lowest BCUT2D eigenvalue weighted by Crippen LogP contribution is -2.33. The Bertz CT molecular complexity index is 983. The molecule has 0 saturated heterocycles. The zero-order valence-corrected chi connectivity index (χ0v) is 14.2. The summed E-state index contributed by atoms with van der Waals surface area (Å²) in [5, 5.41) is 13.9. The molecule has 0 aliphatic carbocycles. The predicted octanol–water partition coefficient (Wildman–Crippen LogP) is 3.06. The van der Waals surface area contributed by atoms with E-state index in [0.717, 1.165) is 15.7 Å². The van der Waals surface area contributed by atoms with E-state index >= 15 is 0 Å². The number of aromatic nitrogens is 1. The van der Waals surface area contributed by atoms with Crippen molar-refractivity contribution in [1.29, 1.82) is 0 Å². The molecule has 6 heteroatoms. The quantitative estimate of drug-likeness (QED) is 0.542. The lowest BCUT2D eigenvalue weighted by molar-refractivity contribution is -0.565. The van der Waals surface area contributed by atoms with Crippen molar-refractivity contribution in [3.63, 3.8) is 0 Å². The maximum absolute atomic E-state index is 13.1. The molecule has 0 unspecified atom stereocenters. The molecule has 3 aromatic rings. The van der Waals surface area contributed by atoms with Crippen molar-refractivity contribution >= 4 is 10.9 Å². The van der Waals surface area contributed by atoms with E-state index in [4.69, 9.17) is 18.9 Å². The third kappa shape index (κ3) is 2.29. The van der Waals surface area contributed by atoms with Gasteiger partial charge in [0, 0.05) is 0 Å². The molecule has 1 aliphatic rings. The molecule has 1 aromatic heterocycles. The fraction of sp³-hybridized carbons (Fsp3) is 0.211. The monoisotopic (exact) mass is 339 g/mol. The molecule has 1 aliphatic heterocycles.